The van der Waals surface area contributed by atoms with Crippen LogP contribution in [0.3, 0.4) is 0 Å². The monoisotopic (exact) mass is 261 g/mol. The molecule has 0 fully saturated rings. The third-order valence-electron chi connectivity index (χ3n) is 3.53. The van der Waals surface area contributed by atoms with Gasteiger partial charge in [0.15, 0.2) is 0 Å². The molecule has 0 bridgehead atoms. The van der Waals surface area contributed by atoms with E-state index in [1.807, 2.05) is 23.5 Å². The van der Waals surface area contributed by atoms with Gasteiger partial charge >= 0.3 is 0 Å². The highest BCUT2D eigenvalue weighted by Crippen LogP contribution is 2.33. The molecule has 1 N–H and O–H groups in total. The number of nitrogens with one attached hydrogen (secondary N) is 1. The molecule has 1 aliphatic rings. The van der Waals surface area contributed by atoms with Crippen LogP contribution in [0.1, 0.15) is 33.3 Å². The SMILES string of the molecule is Cc1ccc(CNC2CCc3c(F)cccc32)s1. The van der Waals surface area contributed by atoms with E-state index in [1.54, 1.807) is 6.07 Å². The molecule has 3 heteroatoms. The zero-order valence-electron chi connectivity index (χ0n) is 10.4. The number of fused-ring (bicyclic) bond motifs is 1. The molecule has 0 saturated heterocycles. The van der Waals surface area contributed by atoms with Crippen LogP contribution in [0.2, 0.25) is 0 Å². The average molecular weight is 261 g/mol. The zero-order valence-corrected chi connectivity index (χ0v) is 11.2. The molecular formula is C15H16FNS. The van der Waals surface area contributed by atoms with E-state index in [4.69, 9.17) is 0 Å². The van der Waals surface area contributed by atoms with Crippen molar-refractivity contribution in [3.63, 3.8) is 0 Å². The molecule has 1 atom stereocenters. The zero-order chi connectivity index (χ0) is 12.5. The van der Waals surface area contributed by atoms with Crippen molar-refractivity contribution in [3.8, 4) is 0 Å². The lowest BCUT2D eigenvalue weighted by molar-refractivity contribution is 0.533. The van der Waals surface area contributed by atoms with Crippen molar-refractivity contribution < 1.29 is 4.39 Å². The van der Waals surface area contributed by atoms with Gasteiger partial charge in [0, 0.05) is 22.3 Å². The lowest BCUT2D eigenvalue weighted by Crippen LogP contribution is -2.18. The Kier molecular flexibility index (Phi) is 3.18. The van der Waals surface area contributed by atoms with E-state index in [0.29, 0.717) is 6.04 Å². The first-order valence-electron chi connectivity index (χ1n) is 6.30. The number of aryl methyl sites for hydroxylation is 1. The van der Waals surface area contributed by atoms with Crippen molar-refractivity contribution in [2.75, 3.05) is 0 Å². The van der Waals surface area contributed by atoms with E-state index in [1.165, 1.54) is 9.75 Å². The van der Waals surface area contributed by atoms with Gasteiger partial charge in [-0.25, -0.2) is 4.39 Å². The van der Waals surface area contributed by atoms with Crippen LogP contribution in [0.5, 0.6) is 0 Å². The lowest BCUT2D eigenvalue weighted by Gasteiger charge is -2.13. The van der Waals surface area contributed by atoms with Crippen LogP contribution >= 0.6 is 11.3 Å². The molecule has 3 rings (SSSR count). The van der Waals surface area contributed by atoms with E-state index in [2.05, 4.69) is 24.4 Å². The summed E-state index contributed by atoms with van der Waals surface area (Å²) in [6, 6.07) is 10.0. The predicted molar refractivity (Wildman–Crippen MR) is 73.4 cm³/mol. The van der Waals surface area contributed by atoms with Gasteiger partial charge < -0.3 is 5.32 Å². The van der Waals surface area contributed by atoms with Crippen molar-refractivity contribution in [2.24, 2.45) is 0 Å². The minimum atomic E-state index is -0.0521. The second-order valence-corrected chi connectivity index (χ2v) is 6.16. The molecule has 0 radical (unpaired) electrons. The number of benzene rings is 1. The summed E-state index contributed by atoms with van der Waals surface area (Å²) in [5.74, 6) is -0.0521. The third kappa shape index (κ3) is 2.20. The predicted octanol–water partition coefficient (Wildman–Crippen LogP) is 3.97. The number of halogens is 1. The molecule has 0 saturated carbocycles. The van der Waals surface area contributed by atoms with Crippen molar-refractivity contribution in [1.82, 2.24) is 5.32 Å². The first-order valence-corrected chi connectivity index (χ1v) is 7.11. The normalized spacial score (nSPS) is 18.0. The fraction of sp³-hybridized carbons (Fsp3) is 0.333. The number of hydrogen-bond donors (Lipinski definition) is 1. The summed E-state index contributed by atoms with van der Waals surface area (Å²) in [6.07, 6.45) is 1.85. The highest BCUT2D eigenvalue weighted by molar-refractivity contribution is 7.11. The number of thiophene rings is 1. The second kappa shape index (κ2) is 4.82. The molecule has 1 aliphatic carbocycles. The topological polar surface area (TPSA) is 12.0 Å². The largest absolute Gasteiger partial charge is 0.305 e. The molecule has 2 aromatic rings. The van der Waals surface area contributed by atoms with E-state index >= 15 is 0 Å². The second-order valence-electron chi connectivity index (χ2n) is 4.79. The fourth-order valence-corrected chi connectivity index (χ4v) is 3.47. The minimum absolute atomic E-state index is 0.0521. The maximum atomic E-state index is 13.6. The van der Waals surface area contributed by atoms with Crippen LogP contribution in [0, 0.1) is 12.7 Å². The Balaban J connectivity index is 1.71. The lowest BCUT2D eigenvalue weighted by atomic mass is 10.1. The summed E-state index contributed by atoms with van der Waals surface area (Å²) in [5, 5.41) is 3.54. The summed E-state index contributed by atoms with van der Waals surface area (Å²) < 4.78 is 13.6. The molecule has 0 amide bonds. The van der Waals surface area contributed by atoms with Crippen LogP contribution in [0.25, 0.3) is 0 Å². The van der Waals surface area contributed by atoms with Gasteiger partial charge in [-0.15, -0.1) is 11.3 Å². The smallest absolute Gasteiger partial charge is 0.126 e. The Bertz CT molecular complexity index is 561. The summed E-state index contributed by atoms with van der Waals surface area (Å²) in [7, 11) is 0. The van der Waals surface area contributed by atoms with Crippen molar-refractivity contribution in [3.05, 3.63) is 57.0 Å². The Labute approximate surface area is 111 Å². The van der Waals surface area contributed by atoms with E-state index in [0.717, 1.165) is 30.5 Å². The summed E-state index contributed by atoms with van der Waals surface area (Å²) >= 11 is 1.82. The summed E-state index contributed by atoms with van der Waals surface area (Å²) in [6.45, 7) is 2.99. The number of rotatable bonds is 3. The molecule has 1 heterocycles. The van der Waals surface area contributed by atoms with E-state index in [9.17, 15) is 4.39 Å². The van der Waals surface area contributed by atoms with Gasteiger partial charge in [0.25, 0.3) is 0 Å². The molecular weight excluding hydrogens is 245 g/mol. The van der Waals surface area contributed by atoms with Gasteiger partial charge in [-0.05, 0) is 49.1 Å². The maximum Gasteiger partial charge on any atom is 0.126 e. The number of hydrogen-bond acceptors (Lipinski definition) is 2. The Morgan fingerprint density at radius 1 is 1.33 bits per heavy atom. The van der Waals surface area contributed by atoms with Crippen molar-refractivity contribution in [2.45, 2.75) is 32.4 Å². The highest BCUT2D eigenvalue weighted by Gasteiger charge is 2.24. The van der Waals surface area contributed by atoms with Crippen LogP contribution in [0.4, 0.5) is 4.39 Å². The fourth-order valence-electron chi connectivity index (χ4n) is 2.63. The molecule has 1 unspecified atom stereocenters. The molecule has 1 aromatic heterocycles. The molecule has 0 aliphatic heterocycles. The van der Waals surface area contributed by atoms with E-state index < -0.39 is 0 Å². The van der Waals surface area contributed by atoms with Crippen LogP contribution in [-0.2, 0) is 13.0 Å². The van der Waals surface area contributed by atoms with Gasteiger partial charge in [-0.2, -0.15) is 0 Å². The van der Waals surface area contributed by atoms with Crippen LogP contribution < -0.4 is 5.32 Å². The Morgan fingerprint density at radius 2 is 2.22 bits per heavy atom. The summed E-state index contributed by atoms with van der Waals surface area (Å²) in [4.78, 5) is 2.68. The minimum Gasteiger partial charge on any atom is -0.305 e. The standard InChI is InChI=1S/C15H16FNS/c1-10-5-6-11(18-10)9-17-15-8-7-12-13(15)3-2-4-14(12)16/h2-6,15,17H,7-9H2,1H3. The van der Waals surface area contributed by atoms with Crippen LogP contribution in [0.15, 0.2) is 30.3 Å². The van der Waals surface area contributed by atoms with E-state index in [-0.39, 0.29) is 5.82 Å². The first kappa shape index (κ1) is 11.9. The van der Waals surface area contributed by atoms with Gasteiger partial charge in [0.05, 0.1) is 0 Å². The van der Waals surface area contributed by atoms with Crippen LogP contribution in [-0.4, -0.2) is 0 Å². The molecule has 1 aromatic carbocycles. The quantitative estimate of drug-likeness (QED) is 0.881. The highest BCUT2D eigenvalue weighted by atomic mass is 32.1. The average Bonchev–Trinajstić information content (AvgIpc) is 2.94. The Hall–Kier alpha value is -1.19. The van der Waals surface area contributed by atoms with Gasteiger partial charge in [-0.1, -0.05) is 12.1 Å². The van der Waals surface area contributed by atoms with Gasteiger partial charge in [0.1, 0.15) is 5.82 Å². The first-order chi connectivity index (χ1) is 8.74. The molecule has 18 heavy (non-hydrogen) atoms. The molecule has 94 valence electrons. The van der Waals surface area contributed by atoms with Crippen molar-refractivity contribution in [1.29, 1.82) is 0 Å². The third-order valence-corrected chi connectivity index (χ3v) is 4.53. The van der Waals surface area contributed by atoms with Crippen molar-refractivity contribution >= 4 is 11.3 Å². The Morgan fingerprint density at radius 3 is 3.00 bits per heavy atom. The maximum absolute atomic E-state index is 13.6. The summed E-state index contributed by atoms with van der Waals surface area (Å²) in [5.41, 5.74) is 2.04. The molecule has 1 nitrogen and oxygen atoms in total. The van der Waals surface area contributed by atoms with Gasteiger partial charge in [0.2, 0.25) is 0 Å². The van der Waals surface area contributed by atoms with Gasteiger partial charge in [-0.3, -0.25) is 0 Å². The molecule has 0 spiro atoms.